The number of nitrogens with one attached hydrogen (secondary N) is 1. The summed E-state index contributed by atoms with van der Waals surface area (Å²) in [5.74, 6) is -0.221. The molecule has 0 fully saturated rings. The summed E-state index contributed by atoms with van der Waals surface area (Å²) in [6.07, 6.45) is -2.86. The van der Waals surface area contributed by atoms with Gasteiger partial charge < -0.3 is 9.72 Å². The molecule has 0 atom stereocenters. The van der Waals surface area contributed by atoms with Crippen molar-refractivity contribution >= 4 is 10.9 Å². The molecule has 5 heteroatoms. The van der Waals surface area contributed by atoms with E-state index in [-0.39, 0.29) is 5.75 Å². The van der Waals surface area contributed by atoms with E-state index in [1.165, 1.54) is 18.2 Å². The van der Waals surface area contributed by atoms with Crippen molar-refractivity contribution in [2.24, 2.45) is 0 Å². The molecular formula is C15H10F3NO. The lowest BCUT2D eigenvalue weighted by molar-refractivity contribution is -0.274. The first-order valence-corrected chi connectivity index (χ1v) is 5.95. The number of fused-ring (bicyclic) bond motifs is 1. The molecule has 1 aromatic heterocycles. The first-order chi connectivity index (χ1) is 9.51. The van der Waals surface area contributed by atoms with Crippen LogP contribution in [0, 0.1) is 0 Å². The Kier molecular flexibility index (Phi) is 2.89. The normalized spacial score (nSPS) is 11.8. The third kappa shape index (κ3) is 2.61. The quantitative estimate of drug-likeness (QED) is 0.719. The molecule has 0 saturated heterocycles. The second-order valence-corrected chi connectivity index (χ2v) is 4.36. The number of H-pyrrole nitrogens is 1. The smallest absolute Gasteiger partial charge is 0.406 e. The third-order valence-electron chi connectivity index (χ3n) is 2.96. The molecule has 2 aromatic carbocycles. The van der Waals surface area contributed by atoms with Gasteiger partial charge in [0.05, 0.1) is 0 Å². The highest BCUT2D eigenvalue weighted by molar-refractivity contribution is 5.84. The molecule has 0 aliphatic heterocycles. The van der Waals surface area contributed by atoms with Gasteiger partial charge >= 0.3 is 6.36 Å². The van der Waals surface area contributed by atoms with Crippen molar-refractivity contribution in [2.75, 3.05) is 0 Å². The molecule has 102 valence electrons. The molecule has 0 radical (unpaired) electrons. The van der Waals surface area contributed by atoms with Gasteiger partial charge in [0.15, 0.2) is 0 Å². The summed E-state index contributed by atoms with van der Waals surface area (Å²) in [5.41, 5.74) is 2.43. The number of hydrogen-bond donors (Lipinski definition) is 1. The average Bonchev–Trinajstić information content (AvgIpc) is 2.84. The third-order valence-corrected chi connectivity index (χ3v) is 2.96. The van der Waals surface area contributed by atoms with Crippen LogP contribution in [0.15, 0.2) is 54.7 Å². The van der Waals surface area contributed by atoms with Crippen LogP contribution in [0.4, 0.5) is 13.2 Å². The molecule has 3 aromatic rings. The number of rotatable bonds is 2. The van der Waals surface area contributed by atoms with Crippen LogP contribution in [0.3, 0.4) is 0 Å². The predicted molar refractivity (Wildman–Crippen MR) is 70.4 cm³/mol. The van der Waals surface area contributed by atoms with Gasteiger partial charge in [-0.05, 0) is 40.8 Å². The van der Waals surface area contributed by atoms with E-state index in [0.29, 0.717) is 5.56 Å². The maximum atomic E-state index is 12.2. The molecule has 20 heavy (non-hydrogen) atoms. The van der Waals surface area contributed by atoms with Gasteiger partial charge in [0.2, 0.25) is 0 Å². The second-order valence-electron chi connectivity index (χ2n) is 4.36. The van der Waals surface area contributed by atoms with Gasteiger partial charge in [0.1, 0.15) is 5.75 Å². The molecule has 1 N–H and O–H groups in total. The Labute approximate surface area is 112 Å². The van der Waals surface area contributed by atoms with Crippen molar-refractivity contribution in [3.63, 3.8) is 0 Å². The van der Waals surface area contributed by atoms with Crippen molar-refractivity contribution in [3.05, 3.63) is 54.7 Å². The fourth-order valence-corrected chi connectivity index (χ4v) is 2.10. The zero-order valence-electron chi connectivity index (χ0n) is 10.2. The topological polar surface area (TPSA) is 25.0 Å². The molecule has 0 aliphatic carbocycles. The monoisotopic (exact) mass is 277 g/mol. The van der Waals surface area contributed by atoms with Gasteiger partial charge in [-0.1, -0.05) is 24.3 Å². The summed E-state index contributed by atoms with van der Waals surface area (Å²) in [6.45, 7) is 0. The van der Waals surface area contributed by atoms with Crippen molar-refractivity contribution in [3.8, 4) is 16.9 Å². The summed E-state index contributed by atoms with van der Waals surface area (Å²) < 4.78 is 40.6. The van der Waals surface area contributed by atoms with Crippen molar-refractivity contribution in [1.29, 1.82) is 0 Å². The molecule has 0 bridgehead atoms. The van der Waals surface area contributed by atoms with E-state index in [9.17, 15) is 13.2 Å². The number of halogens is 3. The number of hydrogen-bond acceptors (Lipinski definition) is 1. The predicted octanol–water partition coefficient (Wildman–Crippen LogP) is 4.73. The van der Waals surface area contributed by atoms with Crippen molar-refractivity contribution in [1.82, 2.24) is 4.98 Å². The summed E-state index contributed by atoms with van der Waals surface area (Å²) >= 11 is 0. The second kappa shape index (κ2) is 4.59. The fraction of sp³-hybridized carbons (Fsp3) is 0.0667. The van der Waals surface area contributed by atoms with E-state index < -0.39 is 6.36 Å². The lowest BCUT2D eigenvalue weighted by Gasteiger charge is -2.10. The van der Waals surface area contributed by atoms with Crippen LogP contribution in [0.5, 0.6) is 5.75 Å². The first kappa shape index (κ1) is 12.6. The summed E-state index contributed by atoms with van der Waals surface area (Å²) in [7, 11) is 0. The minimum atomic E-state index is -4.68. The van der Waals surface area contributed by atoms with Gasteiger partial charge in [-0.25, -0.2) is 0 Å². The Bertz CT molecular complexity index is 746. The molecule has 0 spiro atoms. The minimum absolute atomic E-state index is 0.221. The highest BCUT2D eigenvalue weighted by atomic mass is 19.4. The summed E-state index contributed by atoms with van der Waals surface area (Å²) in [5, 5.41) is 1.05. The van der Waals surface area contributed by atoms with Crippen LogP contribution in [0.1, 0.15) is 0 Å². The molecule has 0 amide bonds. The lowest BCUT2D eigenvalue weighted by Crippen LogP contribution is -2.17. The zero-order chi connectivity index (χ0) is 14.2. The van der Waals surface area contributed by atoms with Crippen LogP contribution >= 0.6 is 0 Å². The summed E-state index contributed by atoms with van der Waals surface area (Å²) in [6, 6.07) is 13.5. The average molecular weight is 277 g/mol. The highest BCUT2D eigenvalue weighted by Crippen LogP contribution is 2.29. The number of benzene rings is 2. The van der Waals surface area contributed by atoms with Gasteiger partial charge in [-0.15, -0.1) is 13.2 Å². The molecule has 0 aliphatic rings. The Morgan fingerprint density at radius 1 is 0.900 bits per heavy atom. The van der Waals surface area contributed by atoms with Gasteiger partial charge in [-0.2, -0.15) is 0 Å². The molecule has 2 nitrogen and oxygen atoms in total. The number of aromatic nitrogens is 1. The Balaban J connectivity index is 1.98. The molecule has 0 saturated carbocycles. The van der Waals surface area contributed by atoms with E-state index in [1.807, 2.05) is 30.5 Å². The Hall–Kier alpha value is -2.43. The van der Waals surface area contributed by atoms with Crippen LogP contribution in [0.2, 0.25) is 0 Å². The van der Waals surface area contributed by atoms with Crippen molar-refractivity contribution < 1.29 is 17.9 Å². The maximum absolute atomic E-state index is 12.2. The maximum Gasteiger partial charge on any atom is 0.573 e. The first-order valence-electron chi connectivity index (χ1n) is 5.95. The Morgan fingerprint density at radius 3 is 2.50 bits per heavy atom. The number of aromatic amines is 1. The summed E-state index contributed by atoms with van der Waals surface area (Å²) in [4.78, 5) is 3.07. The number of alkyl halides is 3. The van der Waals surface area contributed by atoms with Crippen LogP contribution in [0.25, 0.3) is 22.0 Å². The molecule has 3 rings (SSSR count). The Morgan fingerprint density at radius 2 is 1.70 bits per heavy atom. The van der Waals surface area contributed by atoms with Gasteiger partial charge in [0.25, 0.3) is 0 Å². The van der Waals surface area contributed by atoms with Crippen LogP contribution in [-0.4, -0.2) is 11.3 Å². The van der Waals surface area contributed by atoms with E-state index >= 15 is 0 Å². The fourth-order valence-electron chi connectivity index (χ4n) is 2.10. The molecular weight excluding hydrogens is 267 g/mol. The van der Waals surface area contributed by atoms with E-state index in [0.717, 1.165) is 16.5 Å². The van der Waals surface area contributed by atoms with Crippen LogP contribution in [-0.2, 0) is 0 Å². The zero-order valence-corrected chi connectivity index (χ0v) is 10.2. The van der Waals surface area contributed by atoms with E-state index in [2.05, 4.69) is 9.72 Å². The van der Waals surface area contributed by atoms with Gasteiger partial charge in [0, 0.05) is 11.7 Å². The largest absolute Gasteiger partial charge is 0.573 e. The van der Waals surface area contributed by atoms with Crippen LogP contribution < -0.4 is 4.74 Å². The minimum Gasteiger partial charge on any atom is -0.406 e. The SMILES string of the molecule is FC(F)(F)Oc1cccc(-c2ccc3cc[nH]c3c2)c1. The highest BCUT2D eigenvalue weighted by Gasteiger charge is 2.31. The molecule has 1 heterocycles. The molecule has 0 unspecified atom stereocenters. The van der Waals surface area contributed by atoms with Crippen molar-refractivity contribution in [2.45, 2.75) is 6.36 Å². The van der Waals surface area contributed by atoms with Gasteiger partial charge in [-0.3, -0.25) is 0 Å². The lowest BCUT2D eigenvalue weighted by atomic mass is 10.0. The number of ether oxygens (including phenoxy) is 1. The van der Waals surface area contributed by atoms with E-state index in [4.69, 9.17) is 0 Å². The van der Waals surface area contributed by atoms with E-state index in [1.54, 1.807) is 6.07 Å². The standard InChI is InChI=1S/C15H10F3NO/c16-15(17,18)20-13-3-1-2-11(8-13)12-5-4-10-6-7-19-14(10)9-12/h1-9,19H.